The predicted molar refractivity (Wildman–Crippen MR) is 414 cm³/mol. The summed E-state index contributed by atoms with van der Waals surface area (Å²) in [5.74, 6) is 6.57. The molecule has 30 nitrogen and oxygen atoms in total. The lowest BCUT2D eigenvalue weighted by atomic mass is 9.77. The number of nitrogens with two attached hydrogens (primary N) is 3. The van der Waals surface area contributed by atoms with Crippen LogP contribution in [0.5, 0.6) is 0 Å². The Hall–Kier alpha value is -11.8. The van der Waals surface area contributed by atoms with Crippen LogP contribution in [-0.4, -0.2) is 142 Å². The van der Waals surface area contributed by atoms with Gasteiger partial charge in [0.15, 0.2) is 17.5 Å². The molecule has 30 heteroatoms. The lowest BCUT2D eigenvalue weighted by Gasteiger charge is -2.27. The number of benzene rings is 3. The summed E-state index contributed by atoms with van der Waals surface area (Å²) in [4.78, 5) is 65.1. The van der Waals surface area contributed by atoms with Crippen LogP contribution in [0.2, 0.25) is 0 Å². The second kappa shape index (κ2) is 32.1. The van der Waals surface area contributed by atoms with Crippen LogP contribution >= 0.6 is 0 Å². The zero-order valence-corrected chi connectivity index (χ0v) is 59.8. The van der Waals surface area contributed by atoms with Crippen molar-refractivity contribution in [2.24, 2.45) is 17.8 Å². The van der Waals surface area contributed by atoms with Crippen LogP contribution in [0, 0.1) is 17.8 Å². The molecule has 3 saturated carbocycles. The molecule has 0 radical (unpaired) electrons. The number of nitrogen functional groups attached to an aromatic ring is 3. The van der Waals surface area contributed by atoms with E-state index in [0.717, 1.165) is 88.6 Å². The molecule has 564 valence electrons. The van der Waals surface area contributed by atoms with E-state index in [4.69, 9.17) is 45.7 Å². The predicted octanol–water partition coefficient (Wildman–Crippen LogP) is 12.3. The fourth-order valence-corrected chi connectivity index (χ4v) is 12.4. The summed E-state index contributed by atoms with van der Waals surface area (Å²) < 4.78 is 16.8. The van der Waals surface area contributed by atoms with E-state index in [2.05, 4.69) is 185 Å². The van der Waals surface area contributed by atoms with Gasteiger partial charge in [0.1, 0.15) is 34.5 Å². The van der Waals surface area contributed by atoms with Crippen molar-refractivity contribution in [2.45, 2.75) is 156 Å². The van der Waals surface area contributed by atoms with E-state index >= 15 is 0 Å². The van der Waals surface area contributed by atoms with E-state index in [9.17, 15) is 15.3 Å². The zero-order chi connectivity index (χ0) is 73.9. The first-order chi connectivity index (χ1) is 50.3. The molecular formula is C78H96N24O6. The number of rotatable bonds is 24. The molecule has 0 spiro atoms. The molecule has 3 aliphatic rings. The van der Waals surface area contributed by atoms with Gasteiger partial charge < -0.3 is 62.0 Å². The van der Waals surface area contributed by atoms with Crippen LogP contribution in [0.1, 0.15) is 157 Å². The average molecular weight is 1470 g/mol. The molecule has 9 aromatic heterocycles. The minimum Gasteiger partial charge on any atom is -0.394 e. The number of aliphatic hydroxyl groups is 3. The maximum absolute atomic E-state index is 9.44. The van der Waals surface area contributed by atoms with E-state index < -0.39 is 32.9 Å². The summed E-state index contributed by atoms with van der Waals surface area (Å²) >= 11 is 0. The Kier molecular flexibility index (Phi) is 23.5. The first kappa shape index (κ1) is 78.8. The zero-order valence-electron chi connectivity index (χ0n) is 59.8. The Balaban J connectivity index is 0.000000170. The molecule has 0 saturated heterocycles. The second-order valence-electron chi connectivity index (χ2n) is 29.3. The molecule has 12 aromatic rings. The smallest absolute Gasteiger partial charge is 0.278 e. The normalized spacial score (nSPS) is 15.1. The maximum atomic E-state index is 9.44. The Labute approximate surface area is 627 Å². The van der Waals surface area contributed by atoms with E-state index in [1.807, 2.05) is 41.5 Å². The first-order valence-electron chi connectivity index (χ1n) is 34.6. The molecule has 15 rings (SSSR count). The van der Waals surface area contributed by atoms with Gasteiger partial charge in [-0.2, -0.15) is 15.0 Å². The van der Waals surface area contributed by atoms with Crippen LogP contribution in [0.3, 0.4) is 0 Å². The number of aliphatic hydroxyl groups excluding tert-OH is 3. The van der Waals surface area contributed by atoms with Crippen LogP contribution in [-0.2, 0) is 16.2 Å². The SMILES string of the molecule is C.C.C.CC(C)(CO)Nc1cnc(-c2nc(C(C)(c3ccc(-c4cnc(N)nc4)cc3)C3CC3)no2)cn1.CC(C)(CO)Nc1cnc(-c2nc([C@@](C)(c3ccc(-c4cnc(N)nc4)cc3)C3CC3)no2)cn1.CC(C)(CO)Nc1cnc(-c2nc([C@](C)(c3ccc(-c4cnc(N)nc4)cc3)C3CC3)no2)cn1. The highest BCUT2D eigenvalue weighted by atomic mass is 16.5. The van der Waals surface area contributed by atoms with E-state index in [1.165, 1.54) is 0 Å². The summed E-state index contributed by atoms with van der Waals surface area (Å²) in [6.07, 6.45) is 26.5. The van der Waals surface area contributed by atoms with Gasteiger partial charge in [0.05, 0.1) is 89.9 Å². The molecule has 9 heterocycles. The van der Waals surface area contributed by atoms with Crippen molar-refractivity contribution in [3.05, 3.63) is 181 Å². The number of aromatic nitrogens is 18. The van der Waals surface area contributed by atoms with Gasteiger partial charge in [-0.3, -0.25) is 0 Å². The van der Waals surface area contributed by atoms with Crippen molar-refractivity contribution in [2.75, 3.05) is 53.0 Å². The summed E-state index contributed by atoms with van der Waals surface area (Å²) in [6, 6.07) is 24.9. The van der Waals surface area contributed by atoms with Gasteiger partial charge in [-0.15, -0.1) is 0 Å². The van der Waals surface area contributed by atoms with Crippen molar-refractivity contribution in [3.8, 4) is 68.1 Å². The number of hydrogen-bond donors (Lipinski definition) is 9. The quantitative estimate of drug-likeness (QED) is 0.0271. The minimum absolute atomic E-state index is 0. The van der Waals surface area contributed by atoms with Gasteiger partial charge in [0.2, 0.25) is 17.8 Å². The first-order valence-corrected chi connectivity index (χ1v) is 34.6. The molecule has 0 bridgehead atoms. The van der Waals surface area contributed by atoms with Crippen LogP contribution in [0.25, 0.3) is 68.1 Å². The molecule has 3 fully saturated rings. The summed E-state index contributed by atoms with van der Waals surface area (Å²) in [5.41, 5.74) is 24.7. The van der Waals surface area contributed by atoms with Gasteiger partial charge >= 0.3 is 0 Å². The average Bonchev–Trinajstić information content (AvgIpc) is 1.61. The molecule has 3 atom stereocenters. The van der Waals surface area contributed by atoms with Crippen molar-refractivity contribution < 1.29 is 28.9 Å². The Bertz CT molecular complexity index is 4390. The third-order valence-corrected chi connectivity index (χ3v) is 19.5. The fourth-order valence-electron chi connectivity index (χ4n) is 12.4. The fraction of sp³-hybridized carbons (Fsp3) is 0.385. The molecule has 12 N–H and O–H groups in total. The van der Waals surface area contributed by atoms with Crippen LogP contribution < -0.4 is 33.2 Å². The third kappa shape index (κ3) is 17.5. The van der Waals surface area contributed by atoms with Crippen molar-refractivity contribution in [1.29, 1.82) is 0 Å². The molecule has 0 amide bonds. The van der Waals surface area contributed by atoms with E-state index in [-0.39, 0.29) is 59.9 Å². The topological polar surface area (TPSA) is 446 Å². The number of hydrogen-bond acceptors (Lipinski definition) is 30. The lowest BCUT2D eigenvalue weighted by Crippen LogP contribution is -2.35. The number of anilines is 6. The molecule has 108 heavy (non-hydrogen) atoms. The minimum atomic E-state index is -0.504. The molecule has 3 aliphatic carbocycles. The van der Waals surface area contributed by atoms with Gasteiger partial charge in [-0.05, 0) is 152 Å². The molecule has 1 unspecified atom stereocenters. The number of nitrogens with zero attached hydrogens (tertiary/aromatic N) is 18. The Morgan fingerprint density at radius 2 is 0.556 bits per heavy atom. The van der Waals surface area contributed by atoms with Crippen LogP contribution in [0.15, 0.2) is 161 Å². The molecular weight excluding hydrogens is 1370 g/mol. The Morgan fingerprint density at radius 1 is 0.324 bits per heavy atom. The van der Waals surface area contributed by atoms with Crippen molar-refractivity contribution in [3.63, 3.8) is 0 Å². The van der Waals surface area contributed by atoms with Gasteiger partial charge in [-0.25, -0.2) is 59.8 Å². The van der Waals surface area contributed by atoms with E-state index in [1.54, 1.807) is 74.4 Å². The highest BCUT2D eigenvalue weighted by molar-refractivity contribution is 5.66. The Morgan fingerprint density at radius 3 is 0.750 bits per heavy atom. The summed E-state index contributed by atoms with van der Waals surface area (Å²) in [7, 11) is 0. The maximum Gasteiger partial charge on any atom is 0.278 e. The summed E-state index contributed by atoms with van der Waals surface area (Å²) in [6.45, 7) is 17.7. The monoisotopic (exact) mass is 1460 g/mol. The standard InChI is InChI=1S/3C25H28N8O2.3CH4/c3*1-24(2,14-34)32-20-13-27-19(12-28-20)21-31-22(33-35-21)25(3,18-8-9-18)17-6-4-15(5-7-17)16-10-29-23(26)30-11-16;;;/h3*4-7,10-13,18,34H,8-9,14H2,1-3H3,(H,28,32)(H2,26,29,30);3*1H4/t2*25-;;;;/m10..../s1. The third-order valence-electron chi connectivity index (χ3n) is 19.5. The van der Waals surface area contributed by atoms with Gasteiger partial charge in [0, 0.05) is 53.9 Å². The molecule has 0 aliphatic heterocycles. The number of nitrogens with one attached hydrogen (secondary N) is 3. The van der Waals surface area contributed by atoms with E-state index in [0.29, 0.717) is 87.4 Å². The van der Waals surface area contributed by atoms with Crippen molar-refractivity contribution in [1.82, 2.24) is 90.2 Å². The lowest BCUT2D eigenvalue weighted by molar-refractivity contribution is 0.234. The van der Waals surface area contributed by atoms with Crippen molar-refractivity contribution >= 4 is 35.3 Å². The molecule has 3 aromatic carbocycles. The second-order valence-corrected chi connectivity index (χ2v) is 29.3. The summed E-state index contributed by atoms with van der Waals surface area (Å²) in [5, 5.41) is 50.8. The van der Waals surface area contributed by atoms with Crippen LogP contribution in [0.4, 0.5) is 35.3 Å². The van der Waals surface area contributed by atoms with Gasteiger partial charge in [-0.1, -0.05) is 111 Å². The highest BCUT2D eigenvalue weighted by Gasteiger charge is 2.50. The highest BCUT2D eigenvalue weighted by Crippen LogP contribution is 2.53. The van der Waals surface area contributed by atoms with Gasteiger partial charge in [0.25, 0.3) is 17.7 Å². The largest absolute Gasteiger partial charge is 0.394 e.